The molecule has 1 amide bonds. The quantitative estimate of drug-likeness (QED) is 0.146. The fourth-order valence-electron chi connectivity index (χ4n) is 2.23. The number of aliphatic hydroxyl groups is 1. The van der Waals surface area contributed by atoms with E-state index in [1.807, 2.05) is 66.0 Å². The molecule has 0 unspecified atom stereocenters. The zero-order valence-electron chi connectivity index (χ0n) is 24.0. The monoisotopic (exact) mass is 559 g/mol. The number of halogens is 3. The number of carbonyl (C=O) groups excluding carboxylic acids is 1. The van der Waals surface area contributed by atoms with Gasteiger partial charge in [-0.2, -0.15) is 0 Å². The highest BCUT2D eigenvalue weighted by Gasteiger charge is 2.24. The molecule has 0 bridgehead atoms. The number of nitrogens with zero attached hydrogens (tertiary/aromatic N) is 1. The molecule has 1 heterocycles. The summed E-state index contributed by atoms with van der Waals surface area (Å²) in [6.07, 6.45) is 15.6. The van der Waals surface area contributed by atoms with E-state index in [9.17, 15) is 18.7 Å². The Bertz CT molecular complexity index is 807. The summed E-state index contributed by atoms with van der Waals surface area (Å²) in [6.45, 7) is 19.5. The number of amides is 1. The van der Waals surface area contributed by atoms with Gasteiger partial charge in [0.2, 0.25) is 5.91 Å². The molecule has 38 heavy (non-hydrogen) atoms. The van der Waals surface area contributed by atoms with Crippen LogP contribution in [0.5, 0.6) is 0 Å². The number of hydrogen-bond donors (Lipinski definition) is 3. The lowest BCUT2D eigenvalue weighted by Crippen LogP contribution is -2.27. The van der Waals surface area contributed by atoms with Crippen LogP contribution in [0.1, 0.15) is 66.0 Å². The van der Waals surface area contributed by atoms with Crippen molar-refractivity contribution in [1.82, 2.24) is 15.8 Å². The van der Waals surface area contributed by atoms with Crippen molar-refractivity contribution in [3.63, 3.8) is 0 Å². The summed E-state index contributed by atoms with van der Waals surface area (Å²) in [6, 6.07) is 0. The number of likely N-dealkylation sites (N-methyl/N-ethyl adjacent to an activating group) is 1. The molecule has 0 aliphatic rings. The second-order valence-corrected chi connectivity index (χ2v) is 7.29. The van der Waals surface area contributed by atoms with E-state index in [1.54, 1.807) is 6.08 Å². The van der Waals surface area contributed by atoms with E-state index in [0.717, 1.165) is 19.0 Å². The first-order chi connectivity index (χ1) is 18.2. The highest BCUT2D eigenvalue weighted by Crippen LogP contribution is 2.26. The Kier molecular flexibility index (Phi) is 38.0. The van der Waals surface area contributed by atoms with E-state index in [-0.39, 0.29) is 18.2 Å². The van der Waals surface area contributed by atoms with E-state index >= 15 is 0 Å². The van der Waals surface area contributed by atoms with Crippen molar-refractivity contribution in [1.29, 1.82) is 0 Å². The van der Waals surface area contributed by atoms with Gasteiger partial charge in [0, 0.05) is 25.9 Å². The molecule has 0 aliphatic carbocycles. The molecule has 1 aromatic heterocycles. The Balaban J connectivity index is -0.000000211. The number of nitrogens with one attached hydrogen (secondary N) is 2. The second-order valence-electron chi connectivity index (χ2n) is 6.88. The standard InChI is InChI=1S/C9H15ClN2O2.C7H13NO.C6H6F2.C5H8.C2H6/c1-3-8(13)6(4-11-2)9-7(10)5-14-12-9;1-3-4-5-6-8-7(2)9;1-2-3-4-6(8)5-7;1-3-5-4-2;1-2/h5-6,8,11,13H,3-4H2,1-2H3;3-4H,5-6H2,1-2H3,(H,8,9);2-5H,1H2;3-5H,1H2,2H3;1-2H3/b;4-3-;4-3-,6-5-;5-4-;/t6-,8+;;;;/m0..../s1. The summed E-state index contributed by atoms with van der Waals surface area (Å²) < 4.78 is 27.5. The van der Waals surface area contributed by atoms with Crippen molar-refractivity contribution in [3.05, 3.63) is 90.9 Å². The minimum Gasteiger partial charge on any atom is -0.392 e. The summed E-state index contributed by atoms with van der Waals surface area (Å²) >= 11 is 5.88. The molecule has 0 spiro atoms. The molecule has 1 aromatic rings. The molecule has 0 saturated heterocycles. The molecule has 0 saturated carbocycles. The van der Waals surface area contributed by atoms with E-state index in [0.29, 0.717) is 23.7 Å². The van der Waals surface area contributed by atoms with Gasteiger partial charge in [-0.15, -0.1) is 0 Å². The van der Waals surface area contributed by atoms with Crippen LogP contribution in [0.4, 0.5) is 8.78 Å². The van der Waals surface area contributed by atoms with Crippen LogP contribution in [0, 0.1) is 0 Å². The van der Waals surface area contributed by atoms with Crippen molar-refractivity contribution in [2.75, 3.05) is 20.1 Å². The van der Waals surface area contributed by atoms with Crippen LogP contribution < -0.4 is 10.6 Å². The Morgan fingerprint density at radius 2 is 1.84 bits per heavy atom. The summed E-state index contributed by atoms with van der Waals surface area (Å²) in [5, 5.41) is 19.7. The van der Waals surface area contributed by atoms with Crippen LogP contribution in [0.3, 0.4) is 0 Å². The highest BCUT2D eigenvalue weighted by molar-refractivity contribution is 6.31. The summed E-state index contributed by atoms with van der Waals surface area (Å²) in [7, 11) is 1.82. The molecule has 2 atom stereocenters. The van der Waals surface area contributed by atoms with Crippen LogP contribution in [0.25, 0.3) is 0 Å². The molecular weight excluding hydrogens is 512 g/mol. The maximum absolute atomic E-state index is 11.7. The van der Waals surface area contributed by atoms with Crippen LogP contribution in [0.2, 0.25) is 5.02 Å². The number of carbonyl (C=O) groups is 1. The van der Waals surface area contributed by atoms with Crippen molar-refractivity contribution in [3.8, 4) is 0 Å². The first-order valence-corrected chi connectivity index (χ1v) is 12.8. The molecule has 0 radical (unpaired) electrons. The van der Waals surface area contributed by atoms with E-state index < -0.39 is 11.9 Å². The second kappa shape index (κ2) is 34.2. The highest BCUT2D eigenvalue weighted by atomic mass is 35.5. The Morgan fingerprint density at radius 3 is 2.18 bits per heavy atom. The van der Waals surface area contributed by atoms with Gasteiger partial charge in [0.05, 0.1) is 6.10 Å². The largest absolute Gasteiger partial charge is 0.392 e. The van der Waals surface area contributed by atoms with Gasteiger partial charge in [-0.25, -0.2) is 8.78 Å². The van der Waals surface area contributed by atoms with Crippen molar-refractivity contribution in [2.24, 2.45) is 0 Å². The minimum absolute atomic E-state index is 0.0412. The number of hydrogen-bond acceptors (Lipinski definition) is 5. The third kappa shape index (κ3) is 29.4. The number of aliphatic hydroxyl groups excluding tert-OH is 1. The topological polar surface area (TPSA) is 87.4 Å². The summed E-state index contributed by atoms with van der Waals surface area (Å²) in [5.74, 6) is -0.972. The average molecular weight is 560 g/mol. The summed E-state index contributed by atoms with van der Waals surface area (Å²) in [4.78, 5) is 10.3. The smallest absolute Gasteiger partial charge is 0.216 e. The third-order valence-corrected chi connectivity index (χ3v) is 4.24. The Hall–Kier alpha value is -2.81. The lowest BCUT2D eigenvalue weighted by molar-refractivity contribution is -0.118. The number of aromatic nitrogens is 1. The van der Waals surface area contributed by atoms with Crippen LogP contribution in [-0.4, -0.2) is 42.4 Å². The van der Waals surface area contributed by atoms with E-state index in [1.165, 1.54) is 25.3 Å². The van der Waals surface area contributed by atoms with Gasteiger partial charge >= 0.3 is 0 Å². The minimum atomic E-state index is -0.898. The van der Waals surface area contributed by atoms with E-state index in [4.69, 9.17) is 16.1 Å². The van der Waals surface area contributed by atoms with Gasteiger partial charge < -0.3 is 20.3 Å². The zero-order chi connectivity index (χ0) is 30.2. The van der Waals surface area contributed by atoms with Crippen molar-refractivity contribution < 1.29 is 23.2 Å². The predicted molar refractivity (Wildman–Crippen MR) is 159 cm³/mol. The molecule has 0 fully saturated rings. The van der Waals surface area contributed by atoms with Gasteiger partial charge in [-0.1, -0.05) is 93.2 Å². The van der Waals surface area contributed by atoms with Crippen LogP contribution >= 0.6 is 11.6 Å². The molecule has 1 rings (SSSR count). The number of rotatable bonds is 11. The van der Waals surface area contributed by atoms with E-state index in [2.05, 4.69) is 28.9 Å². The van der Waals surface area contributed by atoms with Gasteiger partial charge in [-0.05, 0) is 39.8 Å². The molecule has 0 aliphatic heterocycles. The molecular formula is C29H48ClF2N3O3. The normalized spacial score (nSPS) is 12.0. The fourth-order valence-corrected chi connectivity index (χ4v) is 2.44. The first kappa shape index (κ1) is 42.3. The lowest BCUT2D eigenvalue weighted by Gasteiger charge is -2.19. The van der Waals surface area contributed by atoms with Gasteiger partial charge in [0.15, 0.2) is 5.83 Å². The van der Waals surface area contributed by atoms with Gasteiger partial charge in [-0.3, -0.25) is 4.79 Å². The maximum atomic E-state index is 11.7. The maximum Gasteiger partial charge on any atom is 0.216 e. The summed E-state index contributed by atoms with van der Waals surface area (Å²) in [5.41, 5.74) is 0.621. The molecule has 218 valence electrons. The molecule has 9 heteroatoms. The van der Waals surface area contributed by atoms with Gasteiger partial charge in [0.1, 0.15) is 23.3 Å². The van der Waals surface area contributed by atoms with Crippen LogP contribution in [-0.2, 0) is 4.79 Å². The third-order valence-electron chi connectivity index (χ3n) is 3.95. The Morgan fingerprint density at radius 1 is 1.24 bits per heavy atom. The first-order valence-electron chi connectivity index (χ1n) is 12.5. The molecule has 0 aromatic carbocycles. The number of allylic oxidation sites excluding steroid dienone is 8. The SMILES string of the molecule is C/C=C\CCNC(C)=O.C=C/C=C\C.C=C/C=C\C(F)=C\F.CC.CC[C@@H](O)[C@H](CNC)c1nocc1Cl. The van der Waals surface area contributed by atoms with Crippen LogP contribution in [0.15, 0.2) is 84.7 Å². The zero-order valence-corrected chi connectivity index (χ0v) is 24.8. The van der Waals surface area contributed by atoms with Crippen molar-refractivity contribution in [2.45, 2.75) is 66.4 Å². The average Bonchev–Trinajstić information content (AvgIpc) is 3.35. The fraction of sp³-hybridized carbons (Fsp3) is 0.448. The molecule has 3 N–H and O–H groups in total. The molecule has 6 nitrogen and oxygen atoms in total. The predicted octanol–water partition coefficient (Wildman–Crippen LogP) is 7.77. The Labute approximate surface area is 233 Å². The van der Waals surface area contributed by atoms with Gasteiger partial charge in [0.25, 0.3) is 0 Å². The van der Waals surface area contributed by atoms with Crippen molar-refractivity contribution >= 4 is 17.5 Å². The lowest BCUT2D eigenvalue weighted by atomic mass is 9.97.